The molecule has 1 amide bonds. The van der Waals surface area contributed by atoms with Crippen molar-refractivity contribution < 1.29 is 18.8 Å². The molecule has 1 aromatic carbocycles. The minimum absolute atomic E-state index is 0.128. The molecule has 146 valence electrons. The van der Waals surface area contributed by atoms with E-state index in [0.29, 0.717) is 5.82 Å². The monoisotopic (exact) mass is 399 g/mol. The lowest BCUT2D eigenvalue weighted by molar-refractivity contribution is -0.151. The van der Waals surface area contributed by atoms with E-state index in [-0.39, 0.29) is 30.7 Å². The SMILES string of the molecule is CC(C)[C@H](NC(=O)Cc1ccccc1)C(=O)OCc1nc(-c2cccs2)no1. The van der Waals surface area contributed by atoms with Crippen LogP contribution in [0.1, 0.15) is 25.3 Å². The van der Waals surface area contributed by atoms with Crippen LogP contribution in [-0.2, 0) is 27.4 Å². The minimum Gasteiger partial charge on any atom is -0.454 e. The maximum Gasteiger partial charge on any atom is 0.329 e. The third-order valence-corrected chi connectivity index (χ3v) is 4.86. The number of amides is 1. The van der Waals surface area contributed by atoms with E-state index >= 15 is 0 Å². The number of carbonyl (C=O) groups excluding carboxylic acids is 2. The van der Waals surface area contributed by atoms with Gasteiger partial charge in [-0.1, -0.05) is 55.4 Å². The van der Waals surface area contributed by atoms with Crippen molar-refractivity contribution in [1.29, 1.82) is 0 Å². The molecule has 0 aliphatic rings. The standard InChI is InChI=1S/C20H21N3O4S/c1-13(2)18(21-16(24)11-14-7-4-3-5-8-14)20(25)26-12-17-22-19(23-27-17)15-9-6-10-28-15/h3-10,13,18H,11-12H2,1-2H3,(H,21,24)/t18-/m0/s1. The zero-order valence-electron chi connectivity index (χ0n) is 15.6. The molecular formula is C20H21N3O4S. The highest BCUT2D eigenvalue weighted by Gasteiger charge is 2.26. The highest BCUT2D eigenvalue weighted by Crippen LogP contribution is 2.21. The molecule has 0 bridgehead atoms. The molecule has 0 unspecified atom stereocenters. The van der Waals surface area contributed by atoms with Gasteiger partial charge in [0.15, 0.2) is 6.61 Å². The van der Waals surface area contributed by atoms with Crippen LogP contribution in [0.15, 0.2) is 52.4 Å². The Labute approximate surface area is 166 Å². The number of nitrogens with zero attached hydrogens (tertiary/aromatic N) is 2. The van der Waals surface area contributed by atoms with Crippen LogP contribution in [0.4, 0.5) is 0 Å². The van der Waals surface area contributed by atoms with Crippen LogP contribution >= 0.6 is 11.3 Å². The zero-order valence-corrected chi connectivity index (χ0v) is 16.4. The van der Waals surface area contributed by atoms with Crippen LogP contribution in [0.3, 0.4) is 0 Å². The summed E-state index contributed by atoms with van der Waals surface area (Å²) in [7, 11) is 0. The van der Waals surface area contributed by atoms with Gasteiger partial charge < -0.3 is 14.6 Å². The Morgan fingerprint density at radius 2 is 1.96 bits per heavy atom. The summed E-state index contributed by atoms with van der Waals surface area (Å²) in [5, 5.41) is 8.54. The van der Waals surface area contributed by atoms with Crippen molar-refractivity contribution in [1.82, 2.24) is 15.5 Å². The Hall–Kier alpha value is -3.00. The second-order valence-corrected chi connectivity index (χ2v) is 7.50. The predicted molar refractivity (Wildman–Crippen MR) is 104 cm³/mol. The summed E-state index contributed by atoms with van der Waals surface area (Å²) in [5.41, 5.74) is 0.878. The normalized spacial score (nSPS) is 12.0. The van der Waals surface area contributed by atoms with Crippen molar-refractivity contribution in [3.8, 4) is 10.7 Å². The van der Waals surface area contributed by atoms with E-state index in [9.17, 15) is 9.59 Å². The fraction of sp³-hybridized carbons (Fsp3) is 0.300. The third kappa shape index (κ3) is 5.26. The molecule has 0 radical (unpaired) electrons. The van der Waals surface area contributed by atoms with Gasteiger partial charge in [-0.05, 0) is 22.9 Å². The van der Waals surface area contributed by atoms with Crippen molar-refractivity contribution in [2.45, 2.75) is 32.9 Å². The zero-order chi connectivity index (χ0) is 19.9. The first-order valence-corrected chi connectivity index (χ1v) is 9.77. The molecule has 28 heavy (non-hydrogen) atoms. The van der Waals surface area contributed by atoms with Gasteiger partial charge in [-0.2, -0.15) is 4.98 Å². The first-order chi connectivity index (χ1) is 13.5. The topological polar surface area (TPSA) is 94.3 Å². The van der Waals surface area contributed by atoms with Crippen molar-refractivity contribution in [2.24, 2.45) is 5.92 Å². The van der Waals surface area contributed by atoms with Crippen LogP contribution in [0.2, 0.25) is 0 Å². The van der Waals surface area contributed by atoms with Crippen molar-refractivity contribution in [3.63, 3.8) is 0 Å². The quantitative estimate of drug-likeness (QED) is 0.585. The summed E-state index contributed by atoms with van der Waals surface area (Å²) in [4.78, 5) is 29.8. The molecule has 8 heteroatoms. The Bertz CT molecular complexity index is 907. The smallest absolute Gasteiger partial charge is 0.329 e. The number of rotatable bonds is 8. The highest BCUT2D eigenvalue weighted by atomic mass is 32.1. The van der Waals surface area contributed by atoms with Gasteiger partial charge in [0, 0.05) is 0 Å². The molecule has 7 nitrogen and oxygen atoms in total. The Morgan fingerprint density at radius 1 is 1.18 bits per heavy atom. The number of thiophene rings is 1. The number of hydrogen-bond acceptors (Lipinski definition) is 7. The van der Waals surface area contributed by atoms with Gasteiger partial charge >= 0.3 is 5.97 Å². The van der Waals surface area contributed by atoms with Crippen molar-refractivity contribution in [2.75, 3.05) is 0 Å². The molecule has 1 atom stereocenters. The molecule has 0 aliphatic heterocycles. The third-order valence-electron chi connectivity index (χ3n) is 3.99. The fourth-order valence-corrected chi connectivity index (χ4v) is 3.19. The second kappa shape index (κ2) is 9.27. The molecule has 0 spiro atoms. The summed E-state index contributed by atoms with van der Waals surface area (Å²) in [6.07, 6.45) is 0.200. The molecule has 0 saturated carbocycles. The summed E-state index contributed by atoms with van der Waals surface area (Å²) in [6, 6.07) is 12.4. The summed E-state index contributed by atoms with van der Waals surface area (Å²) < 4.78 is 10.4. The van der Waals surface area contributed by atoms with E-state index < -0.39 is 12.0 Å². The number of esters is 1. The van der Waals surface area contributed by atoms with Crippen LogP contribution in [-0.4, -0.2) is 28.1 Å². The maximum absolute atomic E-state index is 12.5. The molecular weight excluding hydrogens is 378 g/mol. The van der Waals surface area contributed by atoms with Crippen molar-refractivity contribution >= 4 is 23.2 Å². The Kier molecular flexibility index (Phi) is 6.54. The average Bonchev–Trinajstić information content (AvgIpc) is 3.36. The van der Waals surface area contributed by atoms with Crippen LogP contribution in [0.5, 0.6) is 0 Å². The van der Waals surface area contributed by atoms with E-state index in [1.54, 1.807) is 0 Å². The second-order valence-electron chi connectivity index (χ2n) is 6.55. The lowest BCUT2D eigenvalue weighted by atomic mass is 10.0. The van der Waals surface area contributed by atoms with E-state index in [2.05, 4.69) is 15.5 Å². The fourth-order valence-electron chi connectivity index (χ4n) is 2.55. The molecule has 3 aromatic rings. The molecule has 2 aromatic heterocycles. The first kappa shape index (κ1) is 19.8. The number of nitrogens with one attached hydrogen (secondary N) is 1. The van der Waals surface area contributed by atoms with Gasteiger partial charge in [0.2, 0.25) is 11.7 Å². The van der Waals surface area contributed by atoms with Gasteiger partial charge in [0.1, 0.15) is 6.04 Å². The van der Waals surface area contributed by atoms with Gasteiger partial charge in [0.05, 0.1) is 11.3 Å². The number of ether oxygens (including phenoxy) is 1. The maximum atomic E-state index is 12.5. The number of aromatic nitrogens is 2. The van der Waals surface area contributed by atoms with E-state index in [0.717, 1.165) is 10.4 Å². The molecule has 3 rings (SSSR count). The molecule has 2 heterocycles. The summed E-state index contributed by atoms with van der Waals surface area (Å²) >= 11 is 1.49. The largest absolute Gasteiger partial charge is 0.454 e. The Balaban J connectivity index is 1.55. The predicted octanol–water partition coefficient (Wildman–Crippen LogP) is 3.22. The molecule has 0 saturated heterocycles. The number of benzene rings is 1. The van der Waals surface area contributed by atoms with Crippen molar-refractivity contribution in [3.05, 3.63) is 59.3 Å². The Morgan fingerprint density at radius 3 is 2.64 bits per heavy atom. The van der Waals surface area contributed by atoms with E-state index in [4.69, 9.17) is 9.26 Å². The number of hydrogen-bond donors (Lipinski definition) is 1. The average molecular weight is 399 g/mol. The van der Waals surface area contributed by atoms with Gasteiger partial charge in [0.25, 0.3) is 5.89 Å². The molecule has 0 aliphatic carbocycles. The number of carbonyl (C=O) groups is 2. The van der Waals surface area contributed by atoms with Crippen LogP contribution < -0.4 is 5.32 Å². The lowest BCUT2D eigenvalue weighted by Gasteiger charge is -2.20. The van der Waals surface area contributed by atoms with E-state index in [1.807, 2.05) is 61.7 Å². The molecule has 0 fully saturated rings. The summed E-state index contributed by atoms with van der Waals surface area (Å²) in [5.74, 6) is -0.240. The first-order valence-electron chi connectivity index (χ1n) is 8.89. The van der Waals surface area contributed by atoms with Gasteiger partial charge in [-0.3, -0.25) is 4.79 Å². The highest BCUT2D eigenvalue weighted by molar-refractivity contribution is 7.13. The molecule has 1 N–H and O–H groups in total. The van der Waals surface area contributed by atoms with E-state index in [1.165, 1.54) is 11.3 Å². The van der Waals surface area contributed by atoms with Gasteiger partial charge in [-0.25, -0.2) is 4.79 Å². The van der Waals surface area contributed by atoms with Gasteiger partial charge in [-0.15, -0.1) is 11.3 Å². The lowest BCUT2D eigenvalue weighted by Crippen LogP contribution is -2.45. The minimum atomic E-state index is -0.754. The van der Waals surface area contributed by atoms with Crippen LogP contribution in [0.25, 0.3) is 10.7 Å². The van der Waals surface area contributed by atoms with Crippen LogP contribution in [0, 0.1) is 5.92 Å². The summed E-state index contributed by atoms with van der Waals surface area (Å²) in [6.45, 7) is 3.54.